The molecule has 0 saturated carbocycles. The van der Waals surface area contributed by atoms with E-state index in [1.54, 1.807) is 17.6 Å². The first-order valence-corrected chi connectivity index (χ1v) is 10.3. The number of anilines is 1. The highest BCUT2D eigenvalue weighted by Gasteiger charge is 2.08. The summed E-state index contributed by atoms with van der Waals surface area (Å²) in [7, 11) is 0. The van der Waals surface area contributed by atoms with E-state index in [9.17, 15) is 0 Å². The fourth-order valence-electron chi connectivity index (χ4n) is 3.03. The van der Waals surface area contributed by atoms with E-state index in [0.717, 1.165) is 35.2 Å². The molecule has 1 saturated heterocycles. The summed E-state index contributed by atoms with van der Waals surface area (Å²) in [4.78, 5) is 6.89. The third kappa shape index (κ3) is 6.42. The highest BCUT2D eigenvalue weighted by molar-refractivity contribution is 7.13. The summed E-state index contributed by atoms with van der Waals surface area (Å²) in [6.07, 6.45) is 8.25. The number of nitrogens with zero attached hydrogens (tertiary/aromatic N) is 3. The van der Waals surface area contributed by atoms with Gasteiger partial charge in [0, 0.05) is 5.38 Å². The van der Waals surface area contributed by atoms with Crippen LogP contribution in [0.15, 0.2) is 34.7 Å². The van der Waals surface area contributed by atoms with Gasteiger partial charge in [-0.1, -0.05) is 6.42 Å². The molecular formula is C20H28N4OS. The summed E-state index contributed by atoms with van der Waals surface area (Å²) < 4.78 is 5.84. The first-order valence-electron chi connectivity index (χ1n) is 9.46. The van der Waals surface area contributed by atoms with Gasteiger partial charge in [0.2, 0.25) is 5.13 Å². The summed E-state index contributed by atoms with van der Waals surface area (Å²) in [5.74, 6) is 0.920. The quantitative estimate of drug-likeness (QED) is 0.399. The van der Waals surface area contributed by atoms with Crippen molar-refractivity contribution in [2.75, 3.05) is 31.7 Å². The number of benzene rings is 1. The molecule has 2 aromatic rings. The van der Waals surface area contributed by atoms with Gasteiger partial charge in [0.1, 0.15) is 5.75 Å². The number of unbranched alkanes of at least 4 members (excludes halogenated alkanes) is 1. The van der Waals surface area contributed by atoms with E-state index in [-0.39, 0.29) is 0 Å². The fourth-order valence-corrected chi connectivity index (χ4v) is 3.66. The number of thiazole rings is 1. The Morgan fingerprint density at radius 1 is 1.19 bits per heavy atom. The second kappa shape index (κ2) is 10.3. The molecule has 1 N–H and O–H groups in total. The van der Waals surface area contributed by atoms with E-state index < -0.39 is 0 Å². The van der Waals surface area contributed by atoms with Crippen molar-refractivity contribution in [2.24, 2.45) is 5.10 Å². The number of hydrogen-bond donors (Lipinski definition) is 1. The molecule has 0 spiro atoms. The molecule has 2 heterocycles. The van der Waals surface area contributed by atoms with Crippen LogP contribution in [0.3, 0.4) is 0 Å². The molecule has 0 bridgehead atoms. The van der Waals surface area contributed by atoms with E-state index in [2.05, 4.69) is 20.4 Å². The van der Waals surface area contributed by atoms with E-state index in [1.807, 2.05) is 36.6 Å². The Bertz CT molecular complexity index is 677. The van der Waals surface area contributed by atoms with Crippen molar-refractivity contribution in [3.8, 4) is 5.75 Å². The predicted molar refractivity (Wildman–Crippen MR) is 110 cm³/mol. The van der Waals surface area contributed by atoms with Crippen molar-refractivity contribution in [2.45, 2.75) is 39.0 Å². The van der Waals surface area contributed by atoms with E-state index in [4.69, 9.17) is 4.74 Å². The number of likely N-dealkylation sites (tertiary alicyclic amines) is 1. The zero-order chi connectivity index (χ0) is 18.0. The number of aromatic nitrogens is 1. The minimum Gasteiger partial charge on any atom is -0.494 e. The molecule has 5 nitrogen and oxygen atoms in total. The van der Waals surface area contributed by atoms with Crippen LogP contribution in [0.1, 0.15) is 43.4 Å². The lowest BCUT2D eigenvalue weighted by Crippen LogP contribution is -2.30. The van der Waals surface area contributed by atoms with Gasteiger partial charge in [-0.2, -0.15) is 5.10 Å². The molecule has 0 amide bonds. The first-order chi connectivity index (χ1) is 12.8. The van der Waals surface area contributed by atoms with Crippen LogP contribution in [0.2, 0.25) is 0 Å². The molecular weight excluding hydrogens is 344 g/mol. The van der Waals surface area contributed by atoms with Crippen molar-refractivity contribution in [3.63, 3.8) is 0 Å². The molecule has 3 rings (SSSR count). The van der Waals surface area contributed by atoms with Gasteiger partial charge in [-0.05, 0) is 82.1 Å². The van der Waals surface area contributed by atoms with Gasteiger partial charge in [0.25, 0.3) is 0 Å². The second-order valence-corrected chi connectivity index (χ2v) is 7.55. The number of rotatable bonds is 9. The highest BCUT2D eigenvalue weighted by Crippen LogP contribution is 2.15. The SMILES string of the molecule is Cc1csc(NN=Cc2ccc(OCCCCN3CCCCC3)cc2)n1. The molecule has 1 aliphatic heterocycles. The molecule has 0 radical (unpaired) electrons. The Morgan fingerprint density at radius 2 is 2.00 bits per heavy atom. The number of piperidine rings is 1. The van der Waals surface area contributed by atoms with E-state index in [0.29, 0.717) is 0 Å². The Labute approximate surface area is 160 Å². The monoisotopic (exact) mass is 372 g/mol. The lowest BCUT2D eigenvalue weighted by molar-refractivity contribution is 0.216. The van der Waals surface area contributed by atoms with Gasteiger partial charge in [-0.3, -0.25) is 5.43 Å². The fraction of sp³-hybridized carbons (Fsp3) is 0.500. The van der Waals surface area contributed by atoms with Crippen LogP contribution in [-0.2, 0) is 0 Å². The van der Waals surface area contributed by atoms with E-state index in [1.165, 1.54) is 45.3 Å². The molecule has 1 fully saturated rings. The van der Waals surface area contributed by atoms with Crippen molar-refractivity contribution >= 4 is 22.7 Å². The average molecular weight is 373 g/mol. The van der Waals surface area contributed by atoms with Crippen molar-refractivity contribution in [3.05, 3.63) is 40.9 Å². The summed E-state index contributed by atoms with van der Waals surface area (Å²) in [5.41, 5.74) is 4.98. The largest absolute Gasteiger partial charge is 0.494 e. The lowest BCUT2D eigenvalue weighted by atomic mass is 10.1. The minimum atomic E-state index is 0.784. The minimum absolute atomic E-state index is 0.784. The number of nitrogens with one attached hydrogen (secondary N) is 1. The van der Waals surface area contributed by atoms with Crippen LogP contribution < -0.4 is 10.2 Å². The predicted octanol–water partition coefficient (Wildman–Crippen LogP) is 4.54. The maximum Gasteiger partial charge on any atom is 0.203 e. The average Bonchev–Trinajstić information content (AvgIpc) is 3.09. The van der Waals surface area contributed by atoms with Crippen LogP contribution in [0.5, 0.6) is 5.75 Å². The smallest absolute Gasteiger partial charge is 0.203 e. The lowest BCUT2D eigenvalue weighted by Gasteiger charge is -2.26. The second-order valence-electron chi connectivity index (χ2n) is 6.69. The number of aryl methyl sites for hydroxylation is 1. The Morgan fingerprint density at radius 3 is 2.73 bits per heavy atom. The van der Waals surface area contributed by atoms with E-state index >= 15 is 0 Å². The summed E-state index contributed by atoms with van der Waals surface area (Å²) >= 11 is 1.55. The molecule has 1 aliphatic rings. The van der Waals surface area contributed by atoms with Crippen LogP contribution in [0.25, 0.3) is 0 Å². The third-order valence-corrected chi connectivity index (χ3v) is 5.32. The zero-order valence-electron chi connectivity index (χ0n) is 15.5. The van der Waals surface area contributed by atoms with Gasteiger partial charge < -0.3 is 9.64 Å². The van der Waals surface area contributed by atoms with Gasteiger partial charge in [-0.25, -0.2) is 4.98 Å². The summed E-state index contributed by atoms with van der Waals surface area (Å²) in [5, 5.41) is 7.02. The molecule has 0 unspecified atom stereocenters. The van der Waals surface area contributed by atoms with Gasteiger partial charge >= 0.3 is 0 Å². The van der Waals surface area contributed by atoms with Crippen molar-refractivity contribution in [1.82, 2.24) is 9.88 Å². The molecule has 26 heavy (non-hydrogen) atoms. The highest BCUT2D eigenvalue weighted by atomic mass is 32.1. The number of hydrogen-bond acceptors (Lipinski definition) is 6. The van der Waals surface area contributed by atoms with Gasteiger partial charge in [0.05, 0.1) is 18.5 Å². The molecule has 140 valence electrons. The zero-order valence-corrected chi connectivity index (χ0v) is 16.3. The first kappa shape index (κ1) is 18.9. The van der Waals surface area contributed by atoms with Crippen molar-refractivity contribution < 1.29 is 4.74 Å². The maximum atomic E-state index is 5.84. The van der Waals surface area contributed by atoms with Crippen LogP contribution in [0, 0.1) is 6.92 Å². The normalized spacial score (nSPS) is 15.4. The van der Waals surface area contributed by atoms with Gasteiger partial charge in [0.15, 0.2) is 0 Å². The van der Waals surface area contributed by atoms with Crippen LogP contribution in [0.4, 0.5) is 5.13 Å². The molecule has 1 aromatic carbocycles. The third-order valence-electron chi connectivity index (χ3n) is 4.46. The van der Waals surface area contributed by atoms with Crippen LogP contribution in [-0.4, -0.2) is 42.3 Å². The topological polar surface area (TPSA) is 49.8 Å². The summed E-state index contributed by atoms with van der Waals surface area (Å²) in [6, 6.07) is 8.03. The Kier molecular flexibility index (Phi) is 7.46. The van der Waals surface area contributed by atoms with Crippen molar-refractivity contribution in [1.29, 1.82) is 0 Å². The molecule has 0 atom stereocenters. The maximum absolute atomic E-state index is 5.84. The molecule has 6 heteroatoms. The summed E-state index contributed by atoms with van der Waals surface area (Å²) in [6.45, 7) is 6.52. The number of ether oxygens (including phenoxy) is 1. The van der Waals surface area contributed by atoms with Gasteiger partial charge in [-0.15, -0.1) is 11.3 Å². The Hall–Kier alpha value is -1.92. The molecule has 1 aromatic heterocycles. The van der Waals surface area contributed by atoms with Crippen LogP contribution >= 0.6 is 11.3 Å². The Balaban J connectivity index is 1.32. The molecule has 0 aliphatic carbocycles. The standard InChI is InChI=1S/C20H28N4OS/c1-17-16-26-20(22-17)23-21-15-18-7-9-19(10-8-18)25-14-6-5-13-24-11-3-2-4-12-24/h7-10,15-16H,2-6,11-14H2,1H3,(H,22,23). The number of hydrazone groups is 1.